The van der Waals surface area contributed by atoms with Crippen molar-refractivity contribution in [2.24, 2.45) is 0 Å². The quantitative estimate of drug-likeness (QED) is 0.783. The van der Waals surface area contributed by atoms with Gasteiger partial charge in [-0.25, -0.2) is 0 Å². The molecule has 1 aliphatic heterocycles. The molecular formula is C13H18O3. The molecule has 0 spiro atoms. The van der Waals surface area contributed by atoms with Gasteiger partial charge in [0, 0.05) is 12.5 Å². The Morgan fingerprint density at radius 2 is 2.06 bits per heavy atom. The van der Waals surface area contributed by atoms with Crippen molar-refractivity contribution >= 4 is 0 Å². The fourth-order valence-electron chi connectivity index (χ4n) is 1.99. The number of hydrogen-bond donors (Lipinski definition) is 0. The maximum Gasteiger partial charge on any atom is 0.125 e. The van der Waals surface area contributed by atoms with Crippen molar-refractivity contribution in [2.75, 3.05) is 20.8 Å². The Bertz CT molecular complexity index is 369. The predicted octanol–water partition coefficient (Wildman–Crippen LogP) is 2.43. The van der Waals surface area contributed by atoms with E-state index in [-0.39, 0.29) is 5.60 Å². The molecule has 1 aromatic carbocycles. The smallest absolute Gasteiger partial charge is 0.125 e. The first kappa shape index (κ1) is 11.3. The van der Waals surface area contributed by atoms with E-state index in [1.54, 1.807) is 14.2 Å². The molecule has 0 bridgehead atoms. The maximum absolute atomic E-state index is 5.59. The normalized spacial score (nSPS) is 23.7. The lowest BCUT2D eigenvalue weighted by atomic mass is 9.89. The van der Waals surface area contributed by atoms with E-state index < -0.39 is 0 Å². The molecule has 0 aromatic heterocycles. The minimum Gasteiger partial charge on any atom is -0.497 e. The van der Waals surface area contributed by atoms with Gasteiger partial charge in [-0.1, -0.05) is 6.07 Å². The highest BCUT2D eigenvalue weighted by Crippen LogP contribution is 2.34. The minimum atomic E-state index is -0.0120. The van der Waals surface area contributed by atoms with E-state index in [1.165, 1.54) is 5.56 Å². The fourth-order valence-corrected chi connectivity index (χ4v) is 1.99. The summed E-state index contributed by atoms with van der Waals surface area (Å²) in [5, 5.41) is 0. The van der Waals surface area contributed by atoms with Crippen molar-refractivity contribution in [2.45, 2.75) is 25.4 Å². The molecule has 0 saturated carbocycles. The second kappa shape index (κ2) is 4.34. The summed E-state index contributed by atoms with van der Waals surface area (Å²) in [6, 6.07) is 5.92. The molecular weight excluding hydrogens is 204 g/mol. The third-order valence-electron chi connectivity index (χ3n) is 3.14. The third kappa shape index (κ3) is 2.14. The highest BCUT2D eigenvalue weighted by molar-refractivity contribution is 5.41. The van der Waals surface area contributed by atoms with E-state index in [0.717, 1.165) is 30.9 Å². The van der Waals surface area contributed by atoms with Crippen molar-refractivity contribution < 1.29 is 14.2 Å². The summed E-state index contributed by atoms with van der Waals surface area (Å²) in [6.07, 6.45) is 2.00. The lowest BCUT2D eigenvalue weighted by Gasteiger charge is -2.39. The average Bonchev–Trinajstić information content (AvgIpc) is 2.27. The molecule has 1 heterocycles. The van der Waals surface area contributed by atoms with E-state index in [0.29, 0.717) is 0 Å². The van der Waals surface area contributed by atoms with Gasteiger partial charge < -0.3 is 14.2 Å². The van der Waals surface area contributed by atoms with Crippen LogP contribution in [0.2, 0.25) is 0 Å². The van der Waals surface area contributed by atoms with Crippen LogP contribution in [0, 0.1) is 0 Å². The number of methoxy groups -OCH3 is 2. The Hall–Kier alpha value is -1.22. The molecule has 2 rings (SSSR count). The van der Waals surface area contributed by atoms with Gasteiger partial charge in [0.1, 0.15) is 11.5 Å². The highest BCUT2D eigenvalue weighted by atomic mass is 16.5. The van der Waals surface area contributed by atoms with Crippen LogP contribution in [0.5, 0.6) is 11.5 Å². The Morgan fingerprint density at radius 3 is 2.56 bits per heavy atom. The fraction of sp³-hybridized carbons (Fsp3) is 0.538. The first-order valence-corrected chi connectivity index (χ1v) is 5.52. The summed E-state index contributed by atoms with van der Waals surface area (Å²) < 4.78 is 16.1. The van der Waals surface area contributed by atoms with Gasteiger partial charge in [0.05, 0.1) is 26.4 Å². The topological polar surface area (TPSA) is 27.7 Å². The summed E-state index contributed by atoms with van der Waals surface area (Å²) in [5.41, 5.74) is 1.16. The van der Waals surface area contributed by atoms with Gasteiger partial charge in [0.25, 0.3) is 0 Å². The molecule has 0 aliphatic carbocycles. The van der Waals surface area contributed by atoms with Crippen molar-refractivity contribution in [3.05, 3.63) is 23.8 Å². The van der Waals surface area contributed by atoms with Gasteiger partial charge in [-0.05, 0) is 25.0 Å². The molecule has 1 unspecified atom stereocenters. The second-order valence-corrected chi connectivity index (χ2v) is 4.40. The van der Waals surface area contributed by atoms with Gasteiger partial charge >= 0.3 is 0 Å². The molecule has 1 aliphatic rings. The van der Waals surface area contributed by atoms with Crippen LogP contribution in [-0.2, 0) is 11.2 Å². The summed E-state index contributed by atoms with van der Waals surface area (Å²) in [6.45, 7) is 3.01. The van der Waals surface area contributed by atoms with Gasteiger partial charge in [-0.3, -0.25) is 0 Å². The molecule has 16 heavy (non-hydrogen) atoms. The third-order valence-corrected chi connectivity index (χ3v) is 3.14. The summed E-state index contributed by atoms with van der Waals surface area (Å²) >= 11 is 0. The Morgan fingerprint density at radius 1 is 1.31 bits per heavy atom. The Labute approximate surface area is 96.3 Å². The number of hydrogen-bond acceptors (Lipinski definition) is 3. The number of rotatable bonds is 4. The van der Waals surface area contributed by atoms with Gasteiger partial charge in [0.15, 0.2) is 0 Å². The molecule has 88 valence electrons. The van der Waals surface area contributed by atoms with E-state index in [4.69, 9.17) is 14.2 Å². The van der Waals surface area contributed by atoms with E-state index in [1.807, 2.05) is 18.2 Å². The van der Waals surface area contributed by atoms with Crippen LogP contribution >= 0.6 is 0 Å². The van der Waals surface area contributed by atoms with Crippen molar-refractivity contribution in [3.63, 3.8) is 0 Å². The average molecular weight is 222 g/mol. The van der Waals surface area contributed by atoms with Crippen LogP contribution in [0.25, 0.3) is 0 Å². The SMILES string of the molecule is COc1ccc(CC2(C)CCO2)c(OC)c1. The second-order valence-electron chi connectivity index (χ2n) is 4.40. The van der Waals surface area contributed by atoms with Crippen LogP contribution in [0.15, 0.2) is 18.2 Å². The van der Waals surface area contributed by atoms with E-state index >= 15 is 0 Å². The summed E-state index contributed by atoms with van der Waals surface area (Å²) in [5.74, 6) is 1.69. The maximum atomic E-state index is 5.59. The van der Waals surface area contributed by atoms with Crippen molar-refractivity contribution in [3.8, 4) is 11.5 Å². The van der Waals surface area contributed by atoms with Gasteiger partial charge in [-0.15, -0.1) is 0 Å². The molecule has 0 radical (unpaired) electrons. The zero-order valence-electron chi connectivity index (χ0n) is 10.1. The zero-order chi connectivity index (χ0) is 11.6. The molecule has 1 atom stereocenters. The van der Waals surface area contributed by atoms with Crippen LogP contribution in [0.4, 0.5) is 0 Å². The highest BCUT2D eigenvalue weighted by Gasteiger charge is 2.33. The predicted molar refractivity (Wildman–Crippen MR) is 62.2 cm³/mol. The van der Waals surface area contributed by atoms with Crippen LogP contribution in [0.1, 0.15) is 18.9 Å². The molecule has 3 nitrogen and oxygen atoms in total. The first-order valence-electron chi connectivity index (χ1n) is 5.52. The number of ether oxygens (including phenoxy) is 3. The first-order chi connectivity index (χ1) is 7.67. The zero-order valence-corrected chi connectivity index (χ0v) is 10.1. The van der Waals surface area contributed by atoms with Gasteiger partial charge in [0.2, 0.25) is 0 Å². The molecule has 1 saturated heterocycles. The van der Waals surface area contributed by atoms with E-state index in [9.17, 15) is 0 Å². The standard InChI is InChI=1S/C13H18O3/c1-13(6-7-16-13)9-10-4-5-11(14-2)8-12(10)15-3/h4-5,8H,6-7,9H2,1-3H3. The molecule has 0 N–H and O–H groups in total. The molecule has 3 heteroatoms. The molecule has 1 fully saturated rings. The van der Waals surface area contributed by atoms with Crippen LogP contribution in [0.3, 0.4) is 0 Å². The Balaban J connectivity index is 2.19. The molecule has 1 aromatic rings. The summed E-state index contributed by atoms with van der Waals surface area (Å²) in [7, 11) is 3.34. The molecule has 0 amide bonds. The van der Waals surface area contributed by atoms with Crippen LogP contribution in [-0.4, -0.2) is 26.4 Å². The monoisotopic (exact) mass is 222 g/mol. The van der Waals surface area contributed by atoms with Crippen molar-refractivity contribution in [1.82, 2.24) is 0 Å². The minimum absolute atomic E-state index is 0.0120. The largest absolute Gasteiger partial charge is 0.497 e. The van der Waals surface area contributed by atoms with Crippen LogP contribution < -0.4 is 9.47 Å². The summed E-state index contributed by atoms with van der Waals surface area (Å²) in [4.78, 5) is 0. The van der Waals surface area contributed by atoms with Crippen molar-refractivity contribution in [1.29, 1.82) is 0 Å². The lowest BCUT2D eigenvalue weighted by molar-refractivity contribution is -0.133. The lowest BCUT2D eigenvalue weighted by Crippen LogP contribution is -2.42. The van der Waals surface area contributed by atoms with Gasteiger partial charge in [-0.2, -0.15) is 0 Å². The Kier molecular flexibility index (Phi) is 3.06. The number of benzene rings is 1. The van der Waals surface area contributed by atoms with E-state index in [2.05, 4.69) is 6.92 Å².